The lowest BCUT2D eigenvalue weighted by Crippen LogP contribution is -2.18. The van der Waals surface area contributed by atoms with E-state index in [9.17, 15) is 18.0 Å². The molecule has 140 valence electrons. The summed E-state index contributed by atoms with van der Waals surface area (Å²) in [7, 11) is 0. The van der Waals surface area contributed by atoms with Gasteiger partial charge in [-0.1, -0.05) is 29.3 Å². The van der Waals surface area contributed by atoms with Crippen LogP contribution in [0.4, 0.5) is 19.0 Å². The molecule has 0 aliphatic rings. The van der Waals surface area contributed by atoms with Crippen molar-refractivity contribution < 1.29 is 18.0 Å². The molecule has 0 unspecified atom stereocenters. The number of carbonyl (C=O) groups excluding carboxylic acids is 1. The summed E-state index contributed by atoms with van der Waals surface area (Å²) >= 11 is 12.5. The highest BCUT2D eigenvalue weighted by atomic mass is 35.5. The standard InChI is InChI=1S/C16H9Cl2F3N4OS/c1-7-24-13(16(19,20)21)12(27-7)15(26)25-14-9(5-22-6-23-14)8-2-3-10(17)11(18)4-8/h2-6H,1H3,(H,22,23,25,26). The summed E-state index contributed by atoms with van der Waals surface area (Å²) in [6.07, 6.45) is -2.17. The van der Waals surface area contributed by atoms with Crippen LogP contribution in [-0.2, 0) is 6.18 Å². The molecule has 1 aromatic carbocycles. The fourth-order valence-corrected chi connectivity index (χ4v) is 3.37. The zero-order chi connectivity index (χ0) is 19.8. The number of hydrogen-bond donors (Lipinski definition) is 1. The summed E-state index contributed by atoms with van der Waals surface area (Å²) in [5, 5.41) is 3.12. The van der Waals surface area contributed by atoms with E-state index >= 15 is 0 Å². The predicted octanol–water partition coefficient (Wildman–Crippen LogP) is 5.49. The Bertz CT molecular complexity index is 1020. The molecule has 0 radical (unpaired) electrons. The molecule has 27 heavy (non-hydrogen) atoms. The number of aryl methyl sites for hydroxylation is 1. The van der Waals surface area contributed by atoms with Crippen LogP contribution in [0.25, 0.3) is 11.1 Å². The first-order valence-corrected chi connectivity index (χ1v) is 8.85. The second-order valence-electron chi connectivity index (χ2n) is 5.28. The SMILES string of the molecule is Cc1nc(C(F)(F)F)c(C(=O)Nc2ncncc2-c2ccc(Cl)c(Cl)c2)s1. The second kappa shape index (κ2) is 7.41. The lowest BCUT2D eigenvalue weighted by molar-refractivity contribution is -0.141. The fourth-order valence-electron chi connectivity index (χ4n) is 2.24. The zero-order valence-electron chi connectivity index (χ0n) is 13.4. The number of amides is 1. The van der Waals surface area contributed by atoms with E-state index < -0.39 is 22.7 Å². The summed E-state index contributed by atoms with van der Waals surface area (Å²) in [5.74, 6) is -0.930. The molecule has 0 spiro atoms. The maximum absolute atomic E-state index is 13.1. The molecule has 0 atom stereocenters. The van der Waals surface area contributed by atoms with Crippen LogP contribution in [0.15, 0.2) is 30.7 Å². The highest BCUT2D eigenvalue weighted by molar-refractivity contribution is 7.13. The fraction of sp³-hybridized carbons (Fsp3) is 0.125. The Balaban J connectivity index is 1.98. The van der Waals surface area contributed by atoms with E-state index in [4.69, 9.17) is 23.2 Å². The summed E-state index contributed by atoms with van der Waals surface area (Å²) < 4.78 is 39.3. The maximum Gasteiger partial charge on any atom is 0.435 e. The molecule has 2 heterocycles. The van der Waals surface area contributed by atoms with E-state index in [-0.39, 0.29) is 15.8 Å². The van der Waals surface area contributed by atoms with E-state index in [2.05, 4.69) is 20.3 Å². The Morgan fingerprint density at radius 1 is 1.22 bits per heavy atom. The third-order valence-electron chi connectivity index (χ3n) is 3.38. The number of nitrogens with zero attached hydrogens (tertiary/aromatic N) is 3. The first-order chi connectivity index (χ1) is 12.7. The van der Waals surface area contributed by atoms with Crippen LogP contribution < -0.4 is 5.32 Å². The van der Waals surface area contributed by atoms with Crippen molar-refractivity contribution >= 4 is 46.3 Å². The molecule has 0 saturated carbocycles. The Hall–Kier alpha value is -2.23. The average Bonchev–Trinajstić information content (AvgIpc) is 3.00. The highest BCUT2D eigenvalue weighted by Gasteiger charge is 2.39. The van der Waals surface area contributed by atoms with Crippen LogP contribution in [0.3, 0.4) is 0 Å². The average molecular weight is 433 g/mol. The van der Waals surface area contributed by atoms with E-state index in [1.165, 1.54) is 25.5 Å². The Morgan fingerprint density at radius 3 is 2.63 bits per heavy atom. The lowest BCUT2D eigenvalue weighted by atomic mass is 10.1. The minimum atomic E-state index is -4.74. The van der Waals surface area contributed by atoms with Gasteiger partial charge < -0.3 is 5.32 Å². The van der Waals surface area contributed by atoms with Gasteiger partial charge in [-0.2, -0.15) is 13.2 Å². The quantitative estimate of drug-likeness (QED) is 0.594. The monoisotopic (exact) mass is 432 g/mol. The van der Waals surface area contributed by atoms with Gasteiger partial charge in [-0.05, 0) is 24.6 Å². The summed E-state index contributed by atoms with van der Waals surface area (Å²) in [5.41, 5.74) is -0.316. The molecule has 2 aromatic heterocycles. The summed E-state index contributed by atoms with van der Waals surface area (Å²) in [6.45, 7) is 1.39. The van der Waals surface area contributed by atoms with Crippen LogP contribution in [0, 0.1) is 6.92 Å². The van der Waals surface area contributed by atoms with Crippen molar-refractivity contribution in [3.8, 4) is 11.1 Å². The predicted molar refractivity (Wildman–Crippen MR) is 97.3 cm³/mol. The van der Waals surface area contributed by atoms with Crippen molar-refractivity contribution in [3.63, 3.8) is 0 Å². The molecular weight excluding hydrogens is 424 g/mol. The number of nitrogens with one attached hydrogen (secondary N) is 1. The Kier molecular flexibility index (Phi) is 5.36. The third-order valence-corrected chi connectivity index (χ3v) is 5.09. The third kappa shape index (κ3) is 4.20. The molecule has 5 nitrogen and oxygen atoms in total. The van der Waals surface area contributed by atoms with Crippen molar-refractivity contribution in [1.82, 2.24) is 15.0 Å². The van der Waals surface area contributed by atoms with Crippen LogP contribution in [0.1, 0.15) is 20.4 Å². The molecule has 0 saturated heterocycles. The molecule has 0 bridgehead atoms. The van der Waals surface area contributed by atoms with Gasteiger partial charge in [0.15, 0.2) is 5.69 Å². The number of aromatic nitrogens is 3. The van der Waals surface area contributed by atoms with Crippen LogP contribution in [-0.4, -0.2) is 20.9 Å². The van der Waals surface area contributed by atoms with Gasteiger partial charge in [0.1, 0.15) is 17.0 Å². The molecule has 3 rings (SSSR count). The van der Waals surface area contributed by atoms with Gasteiger partial charge in [0, 0.05) is 11.8 Å². The Morgan fingerprint density at radius 2 is 1.96 bits per heavy atom. The number of benzene rings is 1. The van der Waals surface area contributed by atoms with Gasteiger partial charge in [0.25, 0.3) is 5.91 Å². The number of thiazole rings is 1. The van der Waals surface area contributed by atoms with Gasteiger partial charge in [-0.15, -0.1) is 11.3 Å². The van der Waals surface area contributed by atoms with Crippen molar-refractivity contribution in [2.24, 2.45) is 0 Å². The van der Waals surface area contributed by atoms with E-state index in [0.717, 1.165) is 0 Å². The van der Waals surface area contributed by atoms with Crippen LogP contribution >= 0.6 is 34.5 Å². The number of carbonyl (C=O) groups is 1. The van der Waals surface area contributed by atoms with E-state index in [1.807, 2.05) is 0 Å². The van der Waals surface area contributed by atoms with Crippen molar-refractivity contribution in [2.75, 3.05) is 5.32 Å². The first-order valence-electron chi connectivity index (χ1n) is 7.28. The van der Waals surface area contributed by atoms with Gasteiger partial charge in [-0.25, -0.2) is 15.0 Å². The van der Waals surface area contributed by atoms with E-state index in [1.54, 1.807) is 12.1 Å². The maximum atomic E-state index is 13.1. The number of rotatable bonds is 3. The molecule has 11 heteroatoms. The minimum Gasteiger partial charge on any atom is -0.305 e. The molecule has 3 aromatic rings. The second-order valence-corrected chi connectivity index (χ2v) is 7.29. The zero-order valence-corrected chi connectivity index (χ0v) is 15.8. The van der Waals surface area contributed by atoms with Crippen molar-refractivity contribution in [2.45, 2.75) is 13.1 Å². The van der Waals surface area contributed by atoms with Gasteiger partial charge in [0.2, 0.25) is 0 Å². The largest absolute Gasteiger partial charge is 0.435 e. The van der Waals surface area contributed by atoms with Crippen LogP contribution in [0.2, 0.25) is 10.0 Å². The molecule has 1 amide bonds. The molecule has 1 N–H and O–H groups in total. The molecule has 0 aliphatic heterocycles. The highest BCUT2D eigenvalue weighted by Crippen LogP contribution is 2.35. The normalized spacial score (nSPS) is 11.5. The van der Waals surface area contributed by atoms with E-state index in [0.29, 0.717) is 27.5 Å². The molecule has 0 aliphatic carbocycles. The summed E-state index contributed by atoms with van der Waals surface area (Å²) in [4.78, 5) is 23.2. The van der Waals surface area contributed by atoms with Crippen LogP contribution in [0.5, 0.6) is 0 Å². The first kappa shape index (κ1) is 19.5. The number of anilines is 1. The summed E-state index contributed by atoms with van der Waals surface area (Å²) in [6, 6.07) is 4.71. The van der Waals surface area contributed by atoms with Crippen molar-refractivity contribution in [1.29, 1.82) is 0 Å². The van der Waals surface area contributed by atoms with Crippen molar-refractivity contribution in [3.05, 3.63) is 56.3 Å². The number of alkyl halides is 3. The molecule has 0 fully saturated rings. The minimum absolute atomic E-state index is 0.0348. The molecular formula is C16H9Cl2F3N4OS. The number of halogens is 5. The number of hydrogen-bond acceptors (Lipinski definition) is 5. The van der Waals surface area contributed by atoms with Gasteiger partial charge in [0.05, 0.1) is 15.1 Å². The van der Waals surface area contributed by atoms with Gasteiger partial charge in [-0.3, -0.25) is 4.79 Å². The topological polar surface area (TPSA) is 67.8 Å². The Labute approximate surface area is 165 Å². The lowest BCUT2D eigenvalue weighted by Gasteiger charge is -2.11. The smallest absolute Gasteiger partial charge is 0.305 e. The van der Waals surface area contributed by atoms with Gasteiger partial charge >= 0.3 is 6.18 Å².